The SMILES string of the molecule is CN1CCC[C@]2(C(=O)O)CCN(C(=O)c3ccncc3Cl)C[C@@H]12. The molecule has 2 fully saturated rings. The highest BCUT2D eigenvalue weighted by atomic mass is 35.5. The summed E-state index contributed by atoms with van der Waals surface area (Å²) in [7, 11) is 1.94. The minimum Gasteiger partial charge on any atom is -0.481 e. The molecule has 6 nitrogen and oxygen atoms in total. The van der Waals surface area contributed by atoms with Gasteiger partial charge in [-0.15, -0.1) is 0 Å². The number of likely N-dealkylation sites (N-methyl/N-ethyl adjacent to an activating group) is 1. The first kappa shape index (κ1) is 16.2. The molecule has 0 spiro atoms. The Morgan fingerprint density at radius 3 is 2.87 bits per heavy atom. The summed E-state index contributed by atoms with van der Waals surface area (Å²) in [4.78, 5) is 32.3. The lowest BCUT2D eigenvalue weighted by Crippen LogP contribution is -2.63. The van der Waals surface area contributed by atoms with Crippen LogP contribution in [0.25, 0.3) is 0 Å². The molecule has 2 atom stereocenters. The number of aliphatic carboxylic acids is 1. The lowest BCUT2D eigenvalue weighted by atomic mass is 9.68. The number of likely N-dealkylation sites (tertiary alicyclic amines) is 2. The number of carboxylic acids is 1. The summed E-state index contributed by atoms with van der Waals surface area (Å²) < 4.78 is 0. The molecule has 2 aliphatic heterocycles. The Labute approximate surface area is 140 Å². The normalized spacial score (nSPS) is 28.3. The van der Waals surface area contributed by atoms with E-state index in [2.05, 4.69) is 9.88 Å². The van der Waals surface area contributed by atoms with Crippen LogP contribution in [0.2, 0.25) is 5.02 Å². The molecule has 2 saturated heterocycles. The van der Waals surface area contributed by atoms with Gasteiger partial charge in [0.25, 0.3) is 5.91 Å². The maximum absolute atomic E-state index is 12.7. The summed E-state index contributed by atoms with van der Waals surface area (Å²) in [5, 5.41) is 10.1. The summed E-state index contributed by atoms with van der Waals surface area (Å²) in [5.41, 5.74) is -0.325. The first-order chi connectivity index (χ1) is 11.0. The smallest absolute Gasteiger partial charge is 0.311 e. The molecule has 23 heavy (non-hydrogen) atoms. The van der Waals surface area contributed by atoms with E-state index in [4.69, 9.17) is 11.6 Å². The number of aromatic nitrogens is 1. The number of carboxylic acid groups (broad SMARTS) is 1. The third-order valence-corrected chi connectivity index (χ3v) is 5.54. The van der Waals surface area contributed by atoms with Gasteiger partial charge in [0.2, 0.25) is 0 Å². The Hall–Kier alpha value is -1.66. The molecule has 7 heteroatoms. The van der Waals surface area contributed by atoms with E-state index >= 15 is 0 Å². The second kappa shape index (κ2) is 6.09. The van der Waals surface area contributed by atoms with Crippen molar-refractivity contribution < 1.29 is 14.7 Å². The van der Waals surface area contributed by atoms with E-state index < -0.39 is 11.4 Å². The van der Waals surface area contributed by atoms with Gasteiger partial charge < -0.3 is 14.9 Å². The van der Waals surface area contributed by atoms with Crippen LogP contribution < -0.4 is 0 Å². The van der Waals surface area contributed by atoms with Crippen LogP contribution in [0.5, 0.6) is 0 Å². The van der Waals surface area contributed by atoms with Gasteiger partial charge >= 0.3 is 5.97 Å². The topological polar surface area (TPSA) is 73.7 Å². The van der Waals surface area contributed by atoms with Crippen molar-refractivity contribution >= 4 is 23.5 Å². The monoisotopic (exact) mass is 337 g/mol. The molecule has 0 radical (unpaired) electrons. The van der Waals surface area contributed by atoms with E-state index in [-0.39, 0.29) is 11.9 Å². The molecule has 124 valence electrons. The van der Waals surface area contributed by atoms with Crippen molar-refractivity contribution in [1.29, 1.82) is 0 Å². The first-order valence-electron chi connectivity index (χ1n) is 7.78. The van der Waals surface area contributed by atoms with Crippen LogP contribution in [-0.4, -0.2) is 64.5 Å². The molecule has 3 rings (SSSR count). The number of nitrogens with zero attached hydrogens (tertiary/aromatic N) is 3. The second-order valence-corrected chi connectivity index (χ2v) is 6.83. The Bertz CT molecular complexity index is 639. The molecular weight excluding hydrogens is 318 g/mol. The second-order valence-electron chi connectivity index (χ2n) is 6.42. The zero-order valence-corrected chi connectivity index (χ0v) is 13.8. The van der Waals surface area contributed by atoms with Crippen molar-refractivity contribution in [2.45, 2.75) is 25.3 Å². The number of amides is 1. The van der Waals surface area contributed by atoms with Crippen molar-refractivity contribution in [1.82, 2.24) is 14.8 Å². The van der Waals surface area contributed by atoms with Crippen LogP contribution >= 0.6 is 11.6 Å². The number of halogens is 1. The predicted octanol–water partition coefficient (Wildman–Crippen LogP) is 1.75. The number of rotatable bonds is 2. The highest BCUT2D eigenvalue weighted by Crippen LogP contribution is 2.42. The van der Waals surface area contributed by atoms with Gasteiger partial charge in [-0.1, -0.05) is 11.6 Å². The van der Waals surface area contributed by atoms with E-state index in [1.807, 2.05) is 7.05 Å². The summed E-state index contributed by atoms with van der Waals surface area (Å²) in [6.45, 7) is 1.71. The average molecular weight is 338 g/mol. The number of piperidine rings is 2. The Morgan fingerprint density at radius 2 is 2.17 bits per heavy atom. The minimum atomic E-state index is -0.747. The van der Waals surface area contributed by atoms with Crippen LogP contribution in [0.3, 0.4) is 0 Å². The van der Waals surface area contributed by atoms with Crippen LogP contribution in [0.1, 0.15) is 29.6 Å². The summed E-state index contributed by atoms with van der Waals surface area (Å²) >= 11 is 6.07. The fourth-order valence-corrected chi connectivity index (χ4v) is 4.09. The largest absolute Gasteiger partial charge is 0.481 e. The first-order valence-corrected chi connectivity index (χ1v) is 8.16. The maximum Gasteiger partial charge on any atom is 0.311 e. The third kappa shape index (κ3) is 2.70. The summed E-state index contributed by atoms with van der Waals surface area (Å²) in [6.07, 6.45) is 5.02. The van der Waals surface area contributed by atoms with Gasteiger partial charge in [0.05, 0.1) is 16.0 Å². The lowest BCUT2D eigenvalue weighted by Gasteiger charge is -2.51. The van der Waals surface area contributed by atoms with Crippen molar-refractivity contribution in [3.8, 4) is 0 Å². The summed E-state index contributed by atoms with van der Waals surface area (Å²) in [5.74, 6) is -0.904. The molecule has 2 aliphatic rings. The molecule has 1 amide bonds. The molecular formula is C16H20ClN3O3. The molecule has 1 N–H and O–H groups in total. The van der Waals surface area contributed by atoms with Gasteiger partial charge in [0.15, 0.2) is 0 Å². The summed E-state index contributed by atoms with van der Waals surface area (Å²) in [6, 6.07) is 1.45. The van der Waals surface area contributed by atoms with Crippen molar-refractivity contribution in [2.75, 3.05) is 26.7 Å². The fraction of sp³-hybridized carbons (Fsp3) is 0.562. The Balaban J connectivity index is 1.85. The molecule has 0 unspecified atom stereocenters. The van der Waals surface area contributed by atoms with E-state index in [1.54, 1.807) is 11.0 Å². The van der Waals surface area contributed by atoms with Crippen molar-refractivity contribution in [3.63, 3.8) is 0 Å². The van der Waals surface area contributed by atoms with Crippen LogP contribution in [0.4, 0.5) is 0 Å². The van der Waals surface area contributed by atoms with E-state index in [0.29, 0.717) is 36.5 Å². The van der Waals surface area contributed by atoms with Gasteiger partial charge in [-0.3, -0.25) is 14.6 Å². The molecule has 3 heterocycles. The number of carbonyl (C=O) groups is 2. The molecule has 0 saturated carbocycles. The molecule has 0 aliphatic carbocycles. The molecule has 0 aromatic carbocycles. The number of carbonyl (C=O) groups excluding carboxylic acids is 1. The van der Waals surface area contributed by atoms with Crippen molar-refractivity contribution in [2.24, 2.45) is 5.41 Å². The van der Waals surface area contributed by atoms with E-state index in [9.17, 15) is 14.7 Å². The zero-order chi connectivity index (χ0) is 16.6. The standard InChI is InChI=1S/C16H20ClN3O3/c1-19-7-2-4-16(15(22)23)5-8-20(10-13(16)19)14(21)11-3-6-18-9-12(11)17/h3,6,9,13H,2,4-5,7-8,10H2,1H3,(H,22,23)/t13-,16+/m1/s1. The number of hydrogen-bond donors (Lipinski definition) is 1. The number of hydrogen-bond acceptors (Lipinski definition) is 4. The van der Waals surface area contributed by atoms with Gasteiger partial charge in [-0.2, -0.15) is 0 Å². The van der Waals surface area contributed by atoms with Crippen LogP contribution in [0, 0.1) is 5.41 Å². The highest BCUT2D eigenvalue weighted by molar-refractivity contribution is 6.33. The predicted molar refractivity (Wildman–Crippen MR) is 85.5 cm³/mol. The average Bonchev–Trinajstić information content (AvgIpc) is 2.54. The number of fused-ring (bicyclic) bond motifs is 1. The van der Waals surface area contributed by atoms with E-state index in [1.165, 1.54) is 12.4 Å². The van der Waals surface area contributed by atoms with Gasteiger partial charge in [0, 0.05) is 31.5 Å². The van der Waals surface area contributed by atoms with Gasteiger partial charge in [-0.05, 0) is 38.9 Å². The molecule has 1 aromatic heterocycles. The lowest BCUT2D eigenvalue weighted by molar-refractivity contribution is -0.161. The Morgan fingerprint density at radius 1 is 1.39 bits per heavy atom. The van der Waals surface area contributed by atoms with Crippen LogP contribution in [-0.2, 0) is 4.79 Å². The fourth-order valence-electron chi connectivity index (χ4n) is 3.89. The highest BCUT2D eigenvalue weighted by Gasteiger charge is 2.52. The van der Waals surface area contributed by atoms with Gasteiger partial charge in [-0.25, -0.2) is 0 Å². The maximum atomic E-state index is 12.7. The van der Waals surface area contributed by atoms with Crippen LogP contribution in [0.15, 0.2) is 18.5 Å². The third-order valence-electron chi connectivity index (χ3n) is 5.24. The van der Waals surface area contributed by atoms with E-state index in [0.717, 1.165) is 13.0 Å². The van der Waals surface area contributed by atoms with Gasteiger partial charge in [0.1, 0.15) is 0 Å². The quantitative estimate of drug-likeness (QED) is 0.890. The minimum absolute atomic E-state index is 0.157. The molecule has 0 bridgehead atoms. The molecule has 1 aromatic rings. The van der Waals surface area contributed by atoms with Crippen molar-refractivity contribution in [3.05, 3.63) is 29.0 Å². The Kier molecular flexibility index (Phi) is 4.29. The number of pyridine rings is 1. The zero-order valence-electron chi connectivity index (χ0n) is 13.0.